The van der Waals surface area contributed by atoms with Gasteiger partial charge in [-0.3, -0.25) is 14.2 Å². The molecule has 9 nitrogen and oxygen atoms in total. The highest BCUT2D eigenvalue weighted by Crippen LogP contribution is 2.19. The van der Waals surface area contributed by atoms with Crippen molar-refractivity contribution >= 4 is 12.4 Å². The Balaban J connectivity index is 0.000000758. The molecule has 0 unspecified atom stereocenters. The van der Waals surface area contributed by atoms with Gasteiger partial charge >= 0.3 is 5.69 Å². The highest BCUT2D eigenvalue weighted by molar-refractivity contribution is 5.76. The van der Waals surface area contributed by atoms with Gasteiger partial charge in [0.05, 0.1) is 19.3 Å². The van der Waals surface area contributed by atoms with Gasteiger partial charge in [-0.2, -0.15) is 4.98 Å². The van der Waals surface area contributed by atoms with Crippen LogP contribution in [0.1, 0.15) is 11.4 Å². The van der Waals surface area contributed by atoms with Crippen molar-refractivity contribution in [3.63, 3.8) is 0 Å². The molecule has 2 bridgehead atoms. The first-order valence-corrected chi connectivity index (χ1v) is 8.54. The Morgan fingerprint density at radius 1 is 1.35 bits per heavy atom. The molecule has 3 rings (SSSR count). The number of aromatic nitrogens is 2. The summed E-state index contributed by atoms with van der Waals surface area (Å²) in [7, 11) is 2.08. The Morgan fingerprint density at radius 2 is 2.04 bits per heavy atom. The van der Waals surface area contributed by atoms with Crippen LogP contribution < -0.4 is 5.69 Å². The van der Waals surface area contributed by atoms with Crippen LogP contribution in [-0.4, -0.2) is 82.8 Å². The molecule has 0 aromatic carbocycles. The summed E-state index contributed by atoms with van der Waals surface area (Å²) >= 11 is 0. The molecule has 2 aliphatic rings. The molecule has 3 heterocycles. The van der Waals surface area contributed by atoms with Crippen LogP contribution in [0.15, 0.2) is 10.9 Å². The Morgan fingerprint density at radius 3 is 2.69 bits per heavy atom. The van der Waals surface area contributed by atoms with Crippen molar-refractivity contribution in [3.8, 4) is 0 Å². The Labute approximate surface area is 152 Å². The zero-order valence-corrected chi connectivity index (χ0v) is 15.4. The van der Waals surface area contributed by atoms with Crippen molar-refractivity contribution in [2.75, 3.05) is 39.9 Å². The highest BCUT2D eigenvalue weighted by atomic mass is 16.5. The first-order valence-electron chi connectivity index (χ1n) is 8.54. The van der Waals surface area contributed by atoms with E-state index in [4.69, 9.17) is 14.6 Å². The molecule has 144 valence electrons. The number of carbonyl (C=O) groups excluding carboxylic acids is 1. The number of carbonyl (C=O) groups is 2. The summed E-state index contributed by atoms with van der Waals surface area (Å²) in [5.74, 6) is 0.294. The van der Waals surface area contributed by atoms with Gasteiger partial charge in [0, 0.05) is 36.9 Å². The minimum atomic E-state index is -0.359. The lowest BCUT2D eigenvalue weighted by Gasteiger charge is -2.30. The molecular weight excluding hydrogens is 340 g/mol. The third-order valence-corrected chi connectivity index (χ3v) is 4.61. The summed E-state index contributed by atoms with van der Waals surface area (Å²) in [6, 6.07) is 1.88. The summed E-state index contributed by atoms with van der Waals surface area (Å²) in [5, 5.41) is 6.89. The second kappa shape index (κ2) is 8.91. The van der Waals surface area contributed by atoms with Crippen molar-refractivity contribution in [3.05, 3.63) is 27.9 Å². The molecule has 0 radical (unpaired) electrons. The first-order chi connectivity index (χ1) is 12.3. The van der Waals surface area contributed by atoms with Crippen LogP contribution in [0.5, 0.6) is 0 Å². The van der Waals surface area contributed by atoms with Gasteiger partial charge in [-0.15, -0.1) is 0 Å². The quantitative estimate of drug-likeness (QED) is 0.694. The van der Waals surface area contributed by atoms with Crippen molar-refractivity contribution in [1.82, 2.24) is 19.4 Å². The van der Waals surface area contributed by atoms with E-state index in [9.17, 15) is 9.59 Å². The largest absolute Gasteiger partial charge is 0.483 e. The molecule has 1 N–H and O–H groups in total. The monoisotopic (exact) mass is 366 g/mol. The van der Waals surface area contributed by atoms with Gasteiger partial charge < -0.3 is 19.6 Å². The molecule has 9 heteroatoms. The van der Waals surface area contributed by atoms with Crippen LogP contribution in [0.4, 0.5) is 0 Å². The lowest BCUT2D eigenvalue weighted by atomic mass is 10.1. The molecule has 0 spiro atoms. The van der Waals surface area contributed by atoms with E-state index >= 15 is 0 Å². The van der Waals surface area contributed by atoms with Gasteiger partial charge in [0.25, 0.3) is 6.47 Å². The van der Waals surface area contributed by atoms with Gasteiger partial charge in [-0.1, -0.05) is 0 Å². The van der Waals surface area contributed by atoms with E-state index < -0.39 is 0 Å². The smallest absolute Gasteiger partial charge is 0.348 e. The average Bonchev–Trinajstić information content (AvgIpc) is 2.81. The van der Waals surface area contributed by atoms with Gasteiger partial charge in [0.2, 0.25) is 5.91 Å². The fourth-order valence-electron chi connectivity index (χ4n) is 3.58. The summed E-state index contributed by atoms with van der Waals surface area (Å²) in [4.78, 5) is 41.3. The number of carboxylic acid groups (broad SMARTS) is 1. The van der Waals surface area contributed by atoms with E-state index in [1.54, 1.807) is 6.92 Å². The fourth-order valence-corrected chi connectivity index (χ4v) is 3.58. The van der Waals surface area contributed by atoms with Gasteiger partial charge in [0.15, 0.2) is 0 Å². The van der Waals surface area contributed by atoms with E-state index in [0.29, 0.717) is 31.4 Å². The first kappa shape index (κ1) is 20.1. The van der Waals surface area contributed by atoms with Gasteiger partial charge in [0.1, 0.15) is 6.54 Å². The molecule has 2 atom stereocenters. The summed E-state index contributed by atoms with van der Waals surface area (Å²) in [6.45, 7) is 7.11. The molecule has 2 fully saturated rings. The lowest BCUT2D eigenvalue weighted by molar-refractivity contribution is -0.134. The number of ether oxygens (including phenoxy) is 1. The molecular formula is C17H26N4O5. The minimum absolute atomic E-state index is 0.0309. The molecule has 2 saturated heterocycles. The highest BCUT2D eigenvalue weighted by Gasteiger charge is 2.34. The van der Waals surface area contributed by atoms with E-state index in [0.717, 1.165) is 18.8 Å². The number of amides is 1. The number of aryl methyl sites for hydroxylation is 2. The maximum Gasteiger partial charge on any atom is 0.348 e. The Bertz CT molecular complexity index is 705. The normalized spacial score (nSPS) is 22.8. The van der Waals surface area contributed by atoms with Crippen LogP contribution >= 0.6 is 0 Å². The van der Waals surface area contributed by atoms with Crippen molar-refractivity contribution in [1.29, 1.82) is 0 Å². The predicted molar refractivity (Wildman–Crippen MR) is 94.0 cm³/mol. The third-order valence-electron chi connectivity index (χ3n) is 4.61. The Kier molecular flexibility index (Phi) is 6.87. The number of likely N-dealkylation sites (N-methyl/N-ethyl adjacent to an activating group) is 1. The number of fused-ring (bicyclic) bond motifs is 3. The van der Waals surface area contributed by atoms with Crippen molar-refractivity contribution in [2.45, 2.75) is 26.4 Å². The molecule has 1 amide bonds. The van der Waals surface area contributed by atoms with E-state index in [1.807, 2.05) is 17.9 Å². The maximum atomic E-state index is 12.8. The molecule has 1 aromatic heterocycles. The van der Waals surface area contributed by atoms with E-state index in [-0.39, 0.29) is 30.7 Å². The molecule has 0 saturated carbocycles. The SMILES string of the molecule is Cc1cc(C)n(CC(=O)N2C[C@H]3COC[C@@H]2CN(C)C3)c(=O)n1.O=CO. The molecule has 26 heavy (non-hydrogen) atoms. The van der Waals surface area contributed by atoms with Crippen LogP contribution in [0.25, 0.3) is 0 Å². The number of hydrogen-bond acceptors (Lipinski definition) is 6. The summed E-state index contributed by atoms with van der Waals surface area (Å²) in [6.07, 6.45) is 0. The zero-order valence-electron chi connectivity index (χ0n) is 15.4. The number of rotatable bonds is 2. The van der Waals surface area contributed by atoms with Crippen LogP contribution in [0, 0.1) is 19.8 Å². The standard InChI is InChI=1S/C16H24N4O3.CH2O2/c1-11-4-12(2)19(16(22)17-11)8-15(21)20-6-13-5-18(3)7-14(20)10-23-9-13;2-1-3/h4,13-14H,5-10H2,1-3H3;1H,(H,2,3)/t13-,14-;/m0./s1. The summed E-state index contributed by atoms with van der Waals surface area (Å²) < 4.78 is 7.16. The van der Waals surface area contributed by atoms with Crippen LogP contribution in [0.2, 0.25) is 0 Å². The van der Waals surface area contributed by atoms with Crippen molar-refractivity contribution in [2.24, 2.45) is 5.92 Å². The van der Waals surface area contributed by atoms with Crippen molar-refractivity contribution < 1.29 is 19.4 Å². The third kappa shape index (κ3) is 4.89. The molecule has 1 aromatic rings. The minimum Gasteiger partial charge on any atom is -0.483 e. The second-order valence-corrected chi connectivity index (χ2v) is 6.84. The fraction of sp³-hybridized carbons (Fsp3) is 0.647. The van der Waals surface area contributed by atoms with Crippen LogP contribution in [0.3, 0.4) is 0 Å². The topological polar surface area (TPSA) is 105 Å². The lowest BCUT2D eigenvalue weighted by Crippen LogP contribution is -2.48. The van der Waals surface area contributed by atoms with Gasteiger partial charge in [-0.25, -0.2) is 4.79 Å². The zero-order chi connectivity index (χ0) is 19.3. The number of hydrogen-bond donors (Lipinski definition) is 1. The predicted octanol–water partition coefficient (Wildman–Crippen LogP) is -0.650. The molecule has 2 aliphatic heterocycles. The second-order valence-electron chi connectivity index (χ2n) is 6.84. The van der Waals surface area contributed by atoms with E-state index in [2.05, 4.69) is 16.9 Å². The maximum absolute atomic E-state index is 12.8. The van der Waals surface area contributed by atoms with Gasteiger partial charge in [-0.05, 0) is 27.0 Å². The molecule has 0 aliphatic carbocycles. The average molecular weight is 366 g/mol. The van der Waals surface area contributed by atoms with E-state index in [1.165, 1.54) is 4.57 Å². The summed E-state index contributed by atoms with van der Waals surface area (Å²) in [5.41, 5.74) is 1.08. The Hall–Kier alpha value is -2.26. The number of nitrogens with zero attached hydrogens (tertiary/aromatic N) is 4. The van der Waals surface area contributed by atoms with Crippen LogP contribution in [-0.2, 0) is 20.9 Å².